The van der Waals surface area contributed by atoms with Gasteiger partial charge in [0.05, 0.1) is 26.4 Å². The van der Waals surface area contributed by atoms with Crippen LogP contribution in [-0.4, -0.2) is 95.9 Å². The molecule has 111 heavy (non-hydrogen) atoms. The predicted octanol–water partition coefficient (Wildman–Crippen LogP) is 26.8. The van der Waals surface area contributed by atoms with Crippen LogP contribution in [0.15, 0.2) is 146 Å². The normalized spacial score (nSPS) is 14.5. The molecule has 0 radical (unpaired) electrons. The number of phosphoric ester groups is 2. The van der Waals surface area contributed by atoms with Gasteiger partial charge in [-0.05, 0) is 141 Å². The lowest BCUT2D eigenvalue weighted by Gasteiger charge is -2.21. The standard InChI is InChI=1S/C93H160O16P2/c1-4-7-10-13-16-19-22-25-28-30-32-34-36-38-40-42-43-45-47-48-50-52-54-56-59-61-64-67-70-73-76-79-91(96)103-82-88(94)83-105-110(99,100)106-84-89(95)85-107-111(101,102)108-87-90(109-93(98)81-78-75-72-69-66-63-58-27-24-21-18-15-12-9-6-3)86-104-92(97)80-77-74-71-68-65-62-60-57-55-53-51-49-46-44-41-39-37-35-33-31-29-26-23-20-17-14-11-8-5-2/h7,9-10,12,16-21,25-29,32-35,38-41,58,88-90,94-95H,4-6,8,11,13-15,22-24,30-31,36-37,42-57,59-87H2,1-3H3,(H,99,100)(H,101,102)/b10-7-,12-9-,19-16-,20-17-,21-18-,28-25-,29-26-,34-32-,35-33-,40-38-,41-39-,58-27-. The van der Waals surface area contributed by atoms with Crippen LogP contribution in [0.3, 0.4) is 0 Å². The van der Waals surface area contributed by atoms with E-state index in [1.165, 1.54) is 154 Å². The monoisotopic (exact) mass is 1600 g/mol. The molecule has 0 aromatic heterocycles. The van der Waals surface area contributed by atoms with Crippen LogP contribution < -0.4 is 0 Å². The second-order valence-corrected chi connectivity index (χ2v) is 32.2. The number of carbonyl (C=O) groups excluding carboxylic acids is 3. The number of aliphatic hydroxyl groups excluding tert-OH is 2. The fraction of sp³-hybridized carbons (Fsp3) is 0.710. The van der Waals surface area contributed by atoms with Crippen LogP contribution >= 0.6 is 15.6 Å². The van der Waals surface area contributed by atoms with E-state index in [0.29, 0.717) is 19.3 Å². The SMILES string of the molecule is CC/C=C\C/C=C\C/C=C\C/C=C\C/C=C\CCCCCCCCCCCCCCCCCC(=O)OCC(O)COP(=O)(O)OCC(O)COP(=O)(O)OCC(COC(=O)CCCCCCCCCCCCCCC/C=C\C/C=C\C/C=C\C/C=C\CCCCC)OC(=O)CCCCCCC/C=C\C/C=C\C/C=C\CC. The smallest absolute Gasteiger partial charge is 0.463 e. The summed E-state index contributed by atoms with van der Waals surface area (Å²) < 4.78 is 61.3. The van der Waals surface area contributed by atoms with Crippen LogP contribution in [-0.2, 0) is 55.8 Å². The molecular formula is C93H160O16P2. The Bertz CT molecular complexity index is 2600. The van der Waals surface area contributed by atoms with Gasteiger partial charge in [-0.3, -0.25) is 32.5 Å². The number of allylic oxidation sites excluding steroid dienone is 24. The first-order valence-electron chi connectivity index (χ1n) is 44.1. The van der Waals surface area contributed by atoms with Crippen molar-refractivity contribution in [3.05, 3.63) is 146 Å². The number of phosphoric acid groups is 2. The van der Waals surface area contributed by atoms with Crippen molar-refractivity contribution in [2.24, 2.45) is 0 Å². The summed E-state index contributed by atoms with van der Waals surface area (Å²) in [5.41, 5.74) is 0. The molecule has 0 aromatic carbocycles. The Balaban J connectivity index is 4.49. The number of esters is 3. The van der Waals surface area contributed by atoms with E-state index >= 15 is 0 Å². The van der Waals surface area contributed by atoms with Gasteiger partial charge < -0.3 is 34.2 Å². The summed E-state index contributed by atoms with van der Waals surface area (Å²) in [7, 11) is -9.80. The van der Waals surface area contributed by atoms with E-state index in [1.54, 1.807) is 0 Å². The highest BCUT2D eigenvalue weighted by Gasteiger charge is 2.29. The molecule has 0 saturated heterocycles. The molecule has 638 valence electrons. The fourth-order valence-corrected chi connectivity index (χ4v) is 13.5. The van der Waals surface area contributed by atoms with Crippen molar-refractivity contribution in [3.8, 4) is 0 Å². The highest BCUT2D eigenvalue weighted by Crippen LogP contribution is 2.45. The Kier molecular flexibility index (Phi) is 81.3. The molecule has 5 atom stereocenters. The first kappa shape index (κ1) is 106. The lowest BCUT2D eigenvalue weighted by Crippen LogP contribution is -2.30. The molecule has 4 N–H and O–H groups in total. The fourth-order valence-electron chi connectivity index (χ4n) is 11.9. The maximum Gasteiger partial charge on any atom is 0.472 e. The Hall–Kier alpha value is -4.57. The number of aliphatic hydroxyl groups is 2. The van der Waals surface area contributed by atoms with Gasteiger partial charge in [0.15, 0.2) is 6.10 Å². The van der Waals surface area contributed by atoms with Crippen molar-refractivity contribution in [1.29, 1.82) is 0 Å². The zero-order valence-electron chi connectivity index (χ0n) is 70.1. The topological polar surface area (TPSA) is 231 Å². The van der Waals surface area contributed by atoms with Crippen molar-refractivity contribution in [3.63, 3.8) is 0 Å². The number of carbonyl (C=O) groups is 3. The van der Waals surface area contributed by atoms with Gasteiger partial charge in [-0.25, -0.2) is 9.13 Å². The van der Waals surface area contributed by atoms with Gasteiger partial charge in [-0.1, -0.05) is 353 Å². The molecule has 0 aliphatic carbocycles. The van der Waals surface area contributed by atoms with Crippen LogP contribution in [0.4, 0.5) is 0 Å². The summed E-state index contributed by atoms with van der Waals surface area (Å²) >= 11 is 0. The summed E-state index contributed by atoms with van der Waals surface area (Å²) in [6.07, 6.45) is 106. The van der Waals surface area contributed by atoms with Crippen LogP contribution in [0.2, 0.25) is 0 Å². The molecule has 0 heterocycles. The number of hydrogen-bond donors (Lipinski definition) is 4. The summed E-state index contributed by atoms with van der Waals surface area (Å²) in [6, 6.07) is 0. The van der Waals surface area contributed by atoms with Gasteiger partial charge in [-0.15, -0.1) is 0 Å². The van der Waals surface area contributed by atoms with Crippen LogP contribution in [0, 0.1) is 0 Å². The zero-order valence-corrected chi connectivity index (χ0v) is 71.9. The summed E-state index contributed by atoms with van der Waals surface area (Å²) in [5.74, 6) is -1.59. The largest absolute Gasteiger partial charge is 0.472 e. The van der Waals surface area contributed by atoms with Crippen LogP contribution in [0.25, 0.3) is 0 Å². The van der Waals surface area contributed by atoms with Crippen LogP contribution in [0.5, 0.6) is 0 Å². The maximum absolute atomic E-state index is 13.0. The van der Waals surface area contributed by atoms with E-state index in [9.17, 15) is 43.5 Å². The minimum atomic E-state index is -4.94. The van der Waals surface area contributed by atoms with Crippen molar-refractivity contribution in [2.75, 3.05) is 39.6 Å². The highest BCUT2D eigenvalue weighted by atomic mass is 31.2. The van der Waals surface area contributed by atoms with E-state index in [-0.39, 0.29) is 19.3 Å². The molecule has 18 heteroatoms. The van der Waals surface area contributed by atoms with Gasteiger partial charge in [0.2, 0.25) is 0 Å². The summed E-state index contributed by atoms with van der Waals surface area (Å²) in [4.78, 5) is 58.8. The Labute approximate surface area is 677 Å². The number of rotatable bonds is 83. The van der Waals surface area contributed by atoms with Crippen molar-refractivity contribution in [2.45, 2.75) is 386 Å². The molecule has 16 nitrogen and oxygen atoms in total. The average Bonchev–Trinajstić information content (AvgIpc) is 0.908. The van der Waals surface area contributed by atoms with Crippen molar-refractivity contribution >= 4 is 33.6 Å². The van der Waals surface area contributed by atoms with E-state index in [0.717, 1.165) is 154 Å². The number of hydrogen-bond acceptors (Lipinski definition) is 14. The lowest BCUT2D eigenvalue weighted by molar-refractivity contribution is -0.161. The summed E-state index contributed by atoms with van der Waals surface area (Å²) in [6.45, 7) is 2.44. The molecule has 0 spiro atoms. The van der Waals surface area contributed by atoms with E-state index in [1.807, 2.05) is 0 Å². The van der Waals surface area contributed by atoms with Crippen molar-refractivity contribution in [1.82, 2.24) is 0 Å². The Morgan fingerprint density at radius 2 is 0.477 bits per heavy atom. The number of ether oxygens (including phenoxy) is 3. The average molecular weight is 1600 g/mol. The third kappa shape index (κ3) is 86.1. The first-order valence-corrected chi connectivity index (χ1v) is 47.1. The second-order valence-electron chi connectivity index (χ2n) is 29.3. The van der Waals surface area contributed by atoms with Crippen molar-refractivity contribution < 1.29 is 75.8 Å². The Morgan fingerprint density at radius 1 is 0.261 bits per heavy atom. The van der Waals surface area contributed by atoms with E-state index in [4.69, 9.17) is 32.3 Å². The number of unbranched alkanes of at least 4 members (excludes halogenated alkanes) is 36. The second kappa shape index (κ2) is 84.8. The molecular weight excluding hydrogens is 1430 g/mol. The molecule has 0 aromatic rings. The van der Waals surface area contributed by atoms with Gasteiger partial charge in [0, 0.05) is 19.3 Å². The highest BCUT2D eigenvalue weighted by molar-refractivity contribution is 7.47. The van der Waals surface area contributed by atoms with Gasteiger partial charge in [-0.2, -0.15) is 0 Å². The zero-order chi connectivity index (χ0) is 80.8. The molecule has 0 amide bonds. The molecule has 0 saturated carbocycles. The molecule has 5 unspecified atom stereocenters. The predicted molar refractivity (Wildman–Crippen MR) is 463 cm³/mol. The summed E-state index contributed by atoms with van der Waals surface area (Å²) in [5, 5.41) is 20.7. The van der Waals surface area contributed by atoms with Gasteiger partial charge in [0.1, 0.15) is 25.4 Å². The maximum atomic E-state index is 13.0. The molecule has 0 rings (SSSR count). The van der Waals surface area contributed by atoms with Gasteiger partial charge in [0.25, 0.3) is 0 Å². The first-order chi connectivity index (χ1) is 54.2. The quantitative estimate of drug-likeness (QED) is 0.0146. The molecule has 0 bridgehead atoms. The third-order valence-electron chi connectivity index (χ3n) is 18.5. The van der Waals surface area contributed by atoms with Gasteiger partial charge >= 0.3 is 33.6 Å². The van der Waals surface area contributed by atoms with E-state index in [2.05, 4.69) is 167 Å². The minimum Gasteiger partial charge on any atom is -0.463 e. The molecule has 0 fully saturated rings. The molecule has 0 aliphatic heterocycles. The van der Waals surface area contributed by atoms with Crippen LogP contribution in [0.1, 0.15) is 367 Å². The lowest BCUT2D eigenvalue weighted by atomic mass is 10.0. The molecule has 0 aliphatic rings. The van der Waals surface area contributed by atoms with E-state index < -0.39 is 91.5 Å². The third-order valence-corrected chi connectivity index (χ3v) is 20.4. The minimum absolute atomic E-state index is 0.0831. The Morgan fingerprint density at radius 3 is 0.757 bits per heavy atom.